The molecule has 2 atom stereocenters. The Morgan fingerprint density at radius 1 is 1.06 bits per heavy atom. The lowest BCUT2D eigenvalue weighted by atomic mass is 9.91. The second kappa shape index (κ2) is 9.95. The maximum absolute atomic E-state index is 13.3. The van der Waals surface area contributed by atoms with E-state index in [1.165, 1.54) is 0 Å². The van der Waals surface area contributed by atoms with Gasteiger partial charge in [0.2, 0.25) is 0 Å². The summed E-state index contributed by atoms with van der Waals surface area (Å²) in [6.07, 6.45) is 1.77. The Morgan fingerprint density at radius 3 is 2.38 bits per heavy atom. The van der Waals surface area contributed by atoms with Crippen molar-refractivity contribution in [3.05, 3.63) is 63.8 Å². The van der Waals surface area contributed by atoms with Gasteiger partial charge in [-0.05, 0) is 75.1 Å². The number of phenols is 1. The smallest absolute Gasteiger partial charge is 0.404 e. The summed E-state index contributed by atoms with van der Waals surface area (Å²) in [5.74, 6) is -0.223. The van der Waals surface area contributed by atoms with E-state index in [1.807, 2.05) is 0 Å². The number of rotatable bonds is 5. The first-order valence-corrected chi connectivity index (χ1v) is 11.6. The van der Waals surface area contributed by atoms with Crippen LogP contribution in [0.15, 0.2) is 42.5 Å². The van der Waals surface area contributed by atoms with E-state index in [0.717, 1.165) is 24.8 Å². The van der Waals surface area contributed by atoms with Crippen molar-refractivity contribution in [3.8, 4) is 22.7 Å². The van der Waals surface area contributed by atoms with Gasteiger partial charge in [0, 0.05) is 28.2 Å². The van der Waals surface area contributed by atoms with Crippen LogP contribution in [0.4, 0.5) is 4.79 Å². The van der Waals surface area contributed by atoms with Gasteiger partial charge >= 0.3 is 6.09 Å². The number of nitrogens with zero attached hydrogens (tertiary/aromatic N) is 2. The Kier molecular flexibility index (Phi) is 7.00. The van der Waals surface area contributed by atoms with E-state index in [2.05, 4.69) is 15.7 Å². The summed E-state index contributed by atoms with van der Waals surface area (Å²) >= 11 is 12.5. The minimum atomic E-state index is -1.06. The highest BCUT2D eigenvalue weighted by Crippen LogP contribution is 2.33. The zero-order valence-corrected chi connectivity index (χ0v) is 19.9. The lowest BCUT2D eigenvalue weighted by Crippen LogP contribution is -2.45. The molecule has 0 spiro atoms. The molecule has 0 aliphatic heterocycles. The molecule has 4 N–H and O–H groups in total. The number of halogens is 2. The van der Waals surface area contributed by atoms with Gasteiger partial charge in [-0.15, -0.1) is 0 Å². The van der Waals surface area contributed by atoms with Crippen molar-refractivity contribution >= 4 is 35.2 Å². The Morgan fingerprint density at radius 2 is 1.74 bits per heavy atom. The molecule has 0 saturated heterocycles. The molecule has 2 unspecified atom stereocenters. The number of amides is 2. The fourth-order valence-electron chi connectivity index (χ4n) is 4.38. The third-order valence-corrected chi connectivity index (χ3v) is 6.49. The van der Waals surface area contributed by atoms with Crippen LogP contribution in [0.2, 0.25) is 10.0 Å². The highest BCUT2D eigenvalue weighted by molar-refractivity contribution is 6.35. The summed E-state index contributed by atoms with van der Waals surface area (Å²) in [6.45, 7) is 1.81. The van der Waals surface area contributed by atoms with Gasteiger partial charge in [0.1, 0.15) is 5.75 Å². The highest BCUT2D eigenvalue weighted by atomic mass is 35.5. The second-order valence-corrected chi connectivity index (χ2v) is 9.20. The Balaban J connectivity index is 1.70. The molecule has 1 fully saturated rings. The Labute approximate surface area is 206 Å². The molecule has 10 heteroatoms. The average molecular weight is 503 g/mol. The minimum Gasteiger partial charge on any atom is -0.508 e. The van der Waals surface area contributed by atoms with Crippen LogP contribution in [0.25, 0.3) is 16.9 Å². The van der Waals surface area contributed by atoms with E-state index < -0.39 is 6.09 Å². The summed E-state index contributed by atoms with van der Waals surface area (Å²) in [6, 6.07) is 11.3. The Hall–Kier alpha value is -3.23. The predicted molar refractivity (Wildman–Crippen MR) is 130 cm³/mol. The molecule has 3 aromatic rings. The topological polar surface area (TPSA) is 116 Å². The van der Waals surface area contributed by atoms with Gasteiger partial charge in [-0.1, -0.05) is 23.2 Å². The molecule has 1 aromatic heterocycles. The number of hydrogen-bond acceptors (Lipinski definition) is 4. The van der Waals surface area contributed by atoms with Gasteiger partial charge in [0.25, 0.3) is 5.91 Å². The van der Waals surface area contributed by atoms with E-state index in [1.54, 1.807) is 54.1 Å². The van der Waals surface area contributed by atoms with Crippen LogP contribution < -0.4 is 10.6 Å². The molecule has 178 valence electrons. The molecule has 1 aliphatic rings. The van der Waals surface area contributed by atoms with Crippen LogP contribution in [0.1, 0.15) is 41.7 Å². The summed E-state index contributed by atoms with van der Waals surface area (Å²) < 4.78 is 1.60. The van der Waals surface area contributed by atoms with Crippen molar-refractivity contribution in [3.63, 3.8) is 0 Å². The molecule has 4 rings (SSSR count). The molecular formula is C24H24Cl2N4O4. The van der Waals surface area contributed by atoms with Crippen molar-refractivity contribution in [1.82, 2.24) is 20.4 Å². The number of hydrogen-bond donors (Lipinski definition) is 4. The van der Waals surface area contributed by atoms with E-state index >= 15 is 0 Å². The van der Waals surface area contributed by atoms with Crippen molar-refractivity contribution in [2.75, 3.05) is 0 Å². The van der Waals surface area contributed by atoms with Crippen LogP contribution in [0.5, 0.6) is 5.75 Å². The van der Waals surface area contributed by atoms with Crippen LogP contribution in [-0.4, -0.2) is 44.1 Å². The molecule has 0 radical (unpaired) electrons. The minimum absolute atomic E-state index is 0.122. The van der Waals surface area contributed by atoms with Crippen molar-refractivity contribution in [2.45, 2.75) is 44.7 Å². The first-order chi connectivity index (χ1) is 16.2. The fraction of sp³-hybridized carbons (Fsp3) is 0.292. The normalized spacial score (nSPS) is 17.9. The standard InChI is InChI=1S/C24H24Cl2N4O4/c1-13-21(23(32)27-16-3-2-4-17(12-16)28-24(33)34)29-30(20-10-7-15(25)11-19(20)26)22(13)14-5-8-18(31)9-6-14/h5-11,16-17,28,31H,2-4,12H2,1H3,(H,27,32)(H,33,34). The van der Waals surface area contributed by atoms with Crippen LogP contribution >= 0.6 is 23.2 Å². The molecular weight excluding hydrogens is 479 g/mol. The molecule has 34 heavy (non-hydrogen) atoms. The largest absolute Gasteiger partial charge is 0.508 e. The average Bonchev–Trinajstić information content (AvgIpc) is 3.11. The molecule has 1 aliphatic carbocycles. The maximum atomic E-state index is 13.3. The lowest BCUT2D eigenvalue weighted by molar-refractivity contribution is 0.0917. The van der Waals surface area contributed by atoms with Gasteiger partial charge in [0.05, 0.1) is 16.4 Å². The molecule has 8 nitrogen and oxygen atoms in total. The third-order valence-electron chi connectivity index (χ3n) is 5.95. The monoisotopic (exact) mass is 502 g/mol. The number of nitrogens with one attached hydrogen (secondary N) is 2. The van der Waals surface area contributed by atoms with E-state index in [4.69, 9.17) is 28.3 Å². The third kappa shape index (κ3) is 5.13. The molecule has 2 aromatic carbocycles. The number of aromatic hydroxyl groups is 1. The maximum Gasteiger partial charge on any atom is 0.404 e. The van der Waals surface area contributed by atoms with Crippen LogP contribution in [-0.2, 0) is 0 Å². The molecule has 1 saturated carbocycles. The van der Waals surface area contributed by atoms with Crippen LogP contribution in [0.3, 0.4) is 0 Å². The lowest BCUT2D eigenvalue weighted by Gasteiger charge is -2.29. The van der Waals surface area contributed by atoms with E-state index in [-0.39, 0.29) is 29.4 Å². The quantitative estimate of drug-likeness (QED) is 0.384. The molecule has 2 amide bonds. The summed E-state index contributed by atoms with van der Waals surface area (Å²) in [4.78, 5) is 24.3. The second-order valence-electron chi connectivity index (χ2n) is 8.36. The van der Waals surface area contributed by atoms with Crippen molar-refractivity contribution in [1.29, 1.82) is 0 Å². The van der Waals surface area contributed by atoms with E-state index in [0.29, 0.717) is 33.4 Å². The summed E-state index contributed by atoms with van der Waals surface area (Å²) in [5, 5.41) is 29.7. The van der Waals surface area contributed by atoms with Crippen LogP contribution in [0, 0.1) is 6.92 Å². The van der Waals surface area contributed by atoms with Crippen molar-refractivity contribution in [2.24, 2.45) is 0 Å². The number of phenolic OH excluding ortho intramolecular Hbond substituents is 1. The van der Waals surface area contributed by atoms with Gasteiger partial charge in [0.15, 0.2) is 5.69 Å². The summed E-state index contributed by atoms with van der Waals surface area (Å²) in [5.41, 5.74) is 2.84. The zero-order valence-electron chi connectivity index (χ0n) is 18.4. The van der Waals surface area contributed by atoms with Gasteiger partial charge in [-0.3, -0.25) is 4.79 Å². The molecule has 1 heterocycles. The number of carbonyl (C=O) groups excluding carboxylic acids is 1. The summed E-state index contributed by atoms with van der Waals surface area (Å²) in [7, 11) is 0. The van der Waals surface area contributed by atoms with Gasteiger partial charge < -0.3 is 20.8 Å². The van der Waals surface area contributed by atoms with Gasteiger partial charge in [-0.2, -0.15) is 5.10 Å². The highest BCUT2D eigenvalue weighted by Gasteiger charge is 2.28. The predicted octanol–water partition coefficient (Wildman–Crippen LogP) is 5.17. The number of benzene rings is 2. The zero-order chi connectivity index (χ0) is 24.4. The number of carboxylic acid groups (broad SMARTS) is 1. The van der Waals surface area contributed by atoms with E-state index in [9.17, 15) is 14.7 Å². The number of aromatic nitrogens is 2. The molecule has 0 bridgehead atoms. The first kappa shape index (κ1) is 23.9. The number of carbonyl (C=O) groups is 2. The fourth-order valence-corrected chi connectivity index (χ4v) is 4.87. The van der Waals surface area contributed by atoms with Gasteiger partial charge in [-0.25, -0.2) is 9.48 Å². The Bertz CT molecular complexity index is 1230. The van der Waals surface area contributed by atoms with Crippen molar-refractivity contribution < 1.29 is 19.8 Å². The SMILES string of the molecule is Cc1c(C(=O)NC2CCCC(NC(=O)O)C2)nn(-c2ccc(Cl)cc2Cl)c1-c1ccc(O)cc1. The first-order valence-electron chi connectivity index (χ1n) is 10.9.